The van der Waals surface area contributed by atoms with Crippen LogP contribution in [0, 0.1) is 0 Å². The van der Waals surface area contributed by atoms with Gasteiger partial charge in [0, 0.05) is 11.1 Å². The summed E-state index contributed by atoms with van der Waals surface area (Å²) in [7, 11) is 0. The first-order valence-corrected chi connectivity index (χ1v) is 13.9. The first-order chi connectivity index (χ1) is 20.7. The molecule has 0 radical (unpaired) electrons. The molecule has 0 saturated heterocycles. The molecule has 5 aromatic carbocycles. The van der Waals surface area contributed by atoms with Gasteiger partial charge >= 0.3 is 0 Å². The van der Waals surface area contributed by atoms with Crippen molar-refractivity contribution in [2.24, 2.45) is 0 Å². The second kappa shape index (κ2) is 12.3. The zero-order valence-corrected chi connectivity index (χ0v) is 23.0. The Hall–Kier alpha value is -5.60. The normalized spacial score (nSPS) is 12.7. The minimum atomic E-state index is -0.503. The fraction of sp³-hybridized carbons (Fsp3) is 0. The third-order valence-corrected chi connectivity index (χ3v) is 7.31. The molecular weight excluding hydrogens is 512 g/mol. The van der Waals surface area contributed by atoms with Crippen molar-refractivity contribution in [2.45, 2.75) is 0 Å². The zero-order valence-electron chi connectivity index (χ0n) is 23.0. The van der Waals surface area contributed by atoms with Crippen LogP contribution in [0.25, 0.3) is 22.8 Å². The largest absolute Gasteiger partial charge is 0.285 e. The third-order valence-electron chi connectivity index (χ3n) is 7.31. The van der Waals surface area contributed by atoms with Crippen LogP contribution in [0.1, 0.15) is 33.4 Å². The second-order valence-corrected chi connectivity index (χ2v) is 10.1. The predicted octanol–water partition coefficient (Wildman–Crippen LogP) is 8.87. The van der Waals surface area contributed by atoms with E-state index < -0.39 is 11.6 Å². The molecule has 0 heterocycles. The Bertz CT molecular complexity index is 1760. The lowest BCUT2D eigenvalue weighted by Crippen LogP contribution is -2.20. The fourth-order valence-electron chi connectivity index (χ4n) is 5.14. The topological polar surface area (TPSA) is 34.1 Å². The van der Waals surface area contributed by atoms with Gasteiger partial charge in [-0.3, -0.25) is 9.59 Å². The maximum Gasteiger partial charge on any atom is 0.234 e. The summed E-state index contributed by atoms with van der Waals surface area (Å²) in [4.78, 5) is 26.6. The number of benzene rings is 5. The Morgan fingerprint density at radius 3 is 1.24 bits per heavy atom. The third kappa shape index (κ3) is 5.79. The molecule has 42 heavy (non-hydrogen) atoms. The maximum absolute atomic E-state index is 13.3. The number of hydrogen-bond acceptors (Lipinski definition) is 2. The molecule has 1 aliphatic rings. The summed E-state index contributed by atoms with van der Waals surface area (Å²) in [6, 6.07) is 48.2. The summed E-state index contributed by atoms with van der Waals surface area (Å²) in [5.74, 6) is -1.00. The van der Waals surface area contributed by atoms with Crippen LogP contribution in [0.2, 0.25) is 0 Å². The quantitative estimate of drug-likeness (QED) is 0.117. The van der Waals surface area contributed by atoms with Crippen molar-refractivity contribution in [2.75, 3.05) is 0 Å². The number of rotatable bonds is 7. The Balaban J connectivity index is 1.33. The van der Waals surface area contributed by atoms with Gasteiger partial charge in [-0.05, 0) is 62.8 Å². The number of Topliss-reactive ketones (excluding diaryl/α,β-unsaturated/α-hetero) is 2. The summed E-state index contributed by atoms with van der Waals surface area (Å²) in [5.41, 5.74) is 8.72. The van der Waals surface area contributed by atoms with Crippen molar-refractivity contribution in [3.63, 3.8) is 0 Å². The van der Waals surface area contributed by atoms with E-state index in [9.17, 15) is 9.59 Å². The number of allylic oxidation sites excluding steroid dienone is 5. The van der Waals surface area contributed by atoms with Crippen molar-refractivity contribution in [3.8, 4) is 0 Å². The van der Waals surface area contributed by atoms with Gasteiger partial charge in [0.15, 0.2) is 0 Å². The van der Waals surface area contributed by atoms with Crippen molar-refractivity contribution in [3.05, 3.63) is 203 Å². The number of hydrogen-bond donors (Lipinski definition) is 0. The standard InChI is InChI=1S/C40H28O2/c41-39-35(28-38(32-17-9-3-10-18-32)33-19-11-4-12-20-33)25-26-36(40(39)42)34-23-21-29(22-24-34)27-37(30-13-5-1-6-14-30)31-15-7-2-8-16-31/h1-28H. The first-order valence-electron chi connectivity index (χ1n) is 13.9. The molecule has 0 unspecified atom stereocenters. The van der Waals surface area contributed by atoms with Crippen molar-refractivity contribution >= 4 is 34.4 Å². The highest BCUT2D eigenvalue weighted by Crippen LogP contribution is 2.30. The molecule has 0 spiro atoms. The highest BCUT2D eigenvalue weighted by molar-refractivity contribution is 6.59. The Morgan fingerprint density at radius 1 is 0.405 bits per heavy atom. The number of ketones is 2. The average molecular weight is 541 g/mol. The predicted molar refractivity (Wildman–Crippen MR) is 172 cm³/mol. The summed E-state index contributed by atoms with van der Waals surface area (Å²) in [5, 5.41) is 0. The molecule has 0 aliphatic heterocycles. The molecule has 2 heteroatoms. The average Bonchev–Trinajstić information content (AvgIpc) is 3.06. The molecule has 5 aromatic rings. The minimum Gasteiger partial charge on any atom is -0.285 e. The van der Waals surface area contributed by atoms with Gasteiger partial charge in [0.25, 0.3) is 0 Å². The van der Waals surface area contributed by atoms with E-state index in [2.05, 4.69) is 30.3 Å². The van der Waals surface area contributed by atoms with Crippen LogP contribution in [0.4, 0.5) is 0 Å². The molecule has 0 aromatic heterocycles. The van der Waals surface area contributed by atoms with Crippen molar-refractivity contribution in [1.82, 2.24) is 0 Å². The van der Waals surface area contributed by atoms with Crippen molar-refractivity contribution in [1.29, 1.82) is 0 Å². The van der Waals surface area contributed by atoms with Gasteiger partial charge < -0.3 is 0 Å². The van der Waals surface area contributed by atoms with E-state index in [1.54, 1.807) is 12.2 Å². The van der Waals surface area contributed by atoms with Gasteiger partial charge in [-0.25, -0.2) is 0 Å². The van der Waals surface area contributed by atoms with E-state index in [0.29, 0.717) is 11.1 Å². The molecule has 2 nitrogen and oxygen atoms in total. The van der Waals surface area contributed by atoms with Crippen LogP contribution in [-0.4, -0.2) is 11.6 Å². The van der Waals surface area contributed by atoms with Crippen LogP contribution in [0.3, 0.4) is 0 Å². The smallest absolute Gasteiger partial charge is 0.234 e. The maximum atomic E-state index is 13.3. The van der Waals surface area contributed by atoms with E-state index >= 15 is 0 Å². The van der Waals surface area contributed by atoms with E-state index in [0.717, 1.165) is 44.5 Å². The van der Waals surface area contributed by atoms with Gasteiger partial charge in [-0.15, -0.1) is 0 Å². The van der Waals surface area contributed by atoms with E-state index in [-0.39, 0.29) is 0 Å². The lowest BCUT2D eigenvalue weighted by atomic mass is 9.88. The van der Waals surface area contributed by atoms with Crippen LogP contribution in [0.5, 0.6) is 0 Å². The molecule has 0 amide bonds. The number of carbonyl (C=O) groups excluding carboxylic acids is 2. The monoisotopic (exact) mass is 540 g/mol. The van der Waals surface area contributed by atoms with Crippen LogP contribution in [0.15, 0.2) is 169 Å². The van der Waals surface area contributed by atoms with E-state index in [1.165, 1.54) is 0 Å². The molecule has 1 aliphatic carbocycles. The fourth-order valence-corrected chi connectivity index (χ4v) is 5.14. The summed E-state index contributed by atoms with van der Waals surface area (Å²) < 4.78 is 0. The summed E-state index contributed by atoms with van der Waals surface area (Å²) in [6.45, 7) is 0. The van der Waals surface area contributed by atoms with E-state index in [1.807, 2.05) is 127 Å². The zero-order chi connectivity index (χ0) is 28.7. The highest BCUT2D eigenvalue weighted by atomic mass is 16.2. The van der Waals surface area contributed by atoms with Gasteiger partial charge in [0.2, 0.25) is 11.6 Å². The van der Waals surface area contributed by atoms with Gasteiger partial charge in [-0.1, -0.05) is 152 Å². The van der Waals surface area contributed by atoms with Crippen molar-refractivity contribution < 1.29 is 9.59 Å². The van der Waals surface area contributed by atoms with Crippen LogP contribution < -0.4 is 0 Å². The van der Waals surface area contributed by atoms with Gasteiger partial charge in [0.1, 0.15) is 0 Å². The van der Waals surface area contributed by atoms with E-state index in [4.69, 9.17) is 0 Å². The van der Waals surface area contributed by atoms with Gasteiger partial charge in [-0.2, -0.15) is 0 Å². The number of carbonyl (C=O) groups is 2. The molecule has 200 valence electrons. The highest BCUT2D eigenvalue weighted by Gasteiger charge is 2.26. The summed E-state index contributed by atoms with van der Waals surface area (Å²) >= 11 is 0. The Labute approximate surface area is 246 Å². The molecular formula is C40H28O2. The van der Waals surface area contributed by atoms with Crippen LogP contribution in [-0.2, 0) is 9.59 Å². The van der Waals surface area contributed by atoms with Gasteiger partial charge in [0.05, 0.1) is 0 Å². The molecule has 6 rings (SSSR count). The molecule has 0 saturated carbocycles. The SMILES string of the molecule is O=C1C(=O)C(c2ccc(C=C(c3ccccc3)c3ccccc3)cc2)=CC=C1C=C(c1ccccc1)c1ccccc1. The molecule has 0 bridgehead atoms. The lowest BCUT2D eigenvalue weighted by molar-refractivity contribution is -0.130. The first kappa shape index (κ1) is 26.6. The van der Waals surface area contributed by atoms with Crippen LogP contribution >= 0.6 is 0 Å². The minimum absolute atomic E-state index is 0.376. The molecule has 0 atom stereocenters. The Kier molecular flexibility index (Phi) is 7.78. The Morgan fingerprint density at radius 2 is 0.810 bits per heavy atom. The molecule has 0 N–H and O–H groups in total. The molecule has 0 fully saturated rings. The lowest BCUT2D eigenvalue weighted by Gasteiger charge is -2.14. The second-order valence-electron chi connectivity index (χ2n) is 10.1. The summed E-state index contributed by atoms with van der Waals surface area (Å²) in [6.07, 6.45) is 7.48.